The van der Waals surface area contributed by atoms with E-state index in [4.69, 9.17) is 5.10 Å². The van der Waals surface area contributed by atoms with Crippen LogP contribution in [0.1, 0.15) is 28.1 Å². The lowest BCUT2D eigenvalue weighted by Crippen LogP contribution is -2.14. The lowest BCUT2D eigenvalue weighted by Gasteiger charge is -2.07. The molecule has 0 fully saturated rings. The minimum atomic E-state index is 0.832. The van der Waals surface area contributed by atoms with E-state index in [1.165, 1.54) is 22.4 Å². The minimum absolute atomic E-state index is 0.832. The summed E-state index contributed by atoms with van der Waals surface area (Å²) in [5, 5.41) is 8.24. The van der Waals surface area contributed by atoms with Crippen LogP contribution in [0.4, 0.5) is 0 Å². The predicted molar refractivity (Wildman–Crippen MR) is 94.8 cm³/mol. The molecule has 0 aliphatic heterocycles. The zero-order valence-electron chi connectivity index (χ0n) is 14.0. The molecule has 0 amide bonds. The van der Waals surface area contributed by atoms with E-state index in [0.717, 1.165) is 24.5 Å². The van der Waals surface area contributed by atoms with Crippen LogP contribution in [-0.4, -0.2) is 9.78 Å². The van der Waals surface area contributed by atoms with Gasteiger partial charge in [-0.25, -0.2) is 4.68 Å². The Morgan fingerprint density at radius 2 is 1.70 bits per heavy atom. The van der Waals surface area contributed by atoms with Crippen LogP contribution >= 0.6 is 0 Å². The molecule has 0 spiro atoms. The SMILES string of the molecule is Cc1cccc(CNCc2c(C)nn(-c3ccccc3)c2C)c1. The Labute approximate surface area is 138 Å². The summed E-state index contributed by atoms with van der Waals surface area (Å²) in [5.74, 6) is 0. The van der Waals surface area contributed by atoms with Gasteiger partial charge >= 0.3 is 0 Å². The second-order valence-corrected chi connectivity index (χ2v) is 5.99. The maximum Gasteiger partial charge on any atom is 0.0648 e. The highest BCUT2D eigenvalue weighted by Crippen LogP contribution is 2.17. The Balaban J connectivity index is 1.72. The van der Waals surface area contributed by atoms with E-state index >= 15 is 0 Å². The van der Waals surface area contributed by atoms with E-state index in [0.29, 0.717) is 0 Å². The van der Waals surface area contributed by atoms with Crippen molar-refractivity contribution in [2.24, 2.45) is 0 Å². The van der Waals surface area contributed by atoms with Crippen molar-refractivity contribution in [3.05, 3.63) is 82.7 Å². The van der Waals surface area contributed by atoms with Gasteiger partial charge in [0.2, 0.25) is 0 Å². The molecule has 1 N–H and O–H groups in total. The van der Waals surface area contributed by atoms with Gasteiger partial charge in [0.1, 0.15) is 0 Å². The van der Waals surface area contributed by atoms with Gasteiger partial charge in [-0.2, -0.15) is 5.10 Å². The summed E-state index contributed by atoms with van der Waals surface area (Å²) >= 11 is 0. The van der Waals surface area contributed by atoms with Gasteiger partial charge in [0, 0.05) is 24.3 Å². The normalized spacial score (nSPS) is 10.9. The summed E-state index contributed by atoms with van der Waals surface area (Å²) in [6.45, 7) is 8.05. The smallest absolute Gasteiger partial charge is 0.0648 e. The maximum atomic E-state index is 4.70. The molecular weight excluding hydrogens is 282 g/mol. The third-order valence-corrected chi connectivity index (χ3v) is 4.16. The first-order chi connectivity index (χ1) is 11.1. The largest absolute Gasteiger partial charge is 0.308 e. The van der Waals surface area contributed by atoms with Crippen LogP contribution in [-0.2, 0) is 13.1 Å². The van der Waals surface area contributed by atoms with Crippen molar-refractivity contribution >= 4 is 0 Å². The van der Waals surface area contributed by atoms with Crippen LogP contribution < -0.4 is 5.32 Å². The topological polar surface area (TPSA) is 29.9 Å². The Morgan fingerprint density at radius 1 is 0.913 bits per heavy atom. The molecule has 1 heterocycles. The molecule has 118 valence electrons. The summed E-state index contributed by atoms with van der Waals surface area (Å²) in [4.78, 5) is 0. The fourth-order valence-electron chi connectivity index (χ4n) is 2.91. The molecule has 3 aromatic rings. The molecule has 3 nitrogen and oxygen atoms in total. The number of para-hydroxylation sites is 1. The molecule has 2 aromatic carbocycles. The summed E-state index contributed by atoms with van der Waals surface area (Å²) in [5.41, 5.74) is 7.29. The lowest BCUT2D eigenvalue weighted by molar-refractivity contribution is 0.687. The molecule has 0 unspecified atom stereocenters. The Morgan fingerprint density at radius 3 is 2.43 bits per heavy atom. The molecule has 0 saturated carbocycles. The molecular formula is C20H23N3. The number of rotatable bonds is 5. The van der Waals surface area contributed by atoms with Crippen LogP contribution in [0.15, 0.2) is 54.6 Å². The van der Waals surface area contributed by atoms with Crippen LogP contribution in [0.5, 0.6) is 0 Å². The standard InChI is InChI=1S/C20H23N3/c1-15-8-7-9-18(12-15)13-21-14-20-16(2)22-23(17(20)3)19-10-5-4-6-11-19/h4-12,21H,13-14H2,1-3H3. The highest BCUT2D eigenvalue weighted by atomic mass is 15.3. The second-order valence-electron chi connectivity index (χ2n) is 5.99. The van der Waals surface area contributed by atoms with Crippen molar-refractivity contribution < 1.29 is 0 Å². The fourth-order valence-corrected chi connectivity index (χ4v) is 2.91. The number of hydrogen-bond acceptors (Lipinski definition) is 2. The van der Waals surface area contributed by atoms with E-state index in [1.54, 1.807) is 0 Å². The lowest BCUT2D eigenvalue weighted by atomic mass is 10.1. The van der Waals surface area contributed by atoms with Crippen LogP contribution in [0.2, 0.25) is 0 Å². The number of hydrogen-bond donors (Lipinski definition) is 1. The second kappa shape index (κ2) is 6.80. The Hall–Kier alpha value is -2.39. The van der Waals surface area contributed by atoms with Gasteiger partial charge < -0.3 is 5.32 Å². The number of nitrogens with zero attached hydrogens (tertiary/aromatic N) is 2. The maximum absolute atomic E-state index is 4.70. The highest BCUT2D eigenvalue weighted by Gasteiger charge is 2.12. The molecule has 0 aliphatic rings. The van der Waals surface area contributed by atoms with Gasteiger partial charge in [0.05, 0.1) is 11.4 Å². The average molecular weight is 305 g/mol. The van der Waals surface area contributed by atoms with Gasteiger partial charge in [0.15, 0.2) is 0 Å². The first-order valence-corrected chi connectivity index (χ1v) is 8.02. The number of nitrogens with one attached hydrogen (secondary N) is 1. The molecule has 0 atom stereocenters. The Bertz CT molecular complexity index is 788. The van der Waals surface area contributed by atoms with E-state index < -0.39 is 0 Å². The summed E-state index contributed by atoms with van der Waals surface area (Å²) in [6.07, 6.45) is 0. The predicted octanol–water partition coefficient (Wildman–Crippen LogP) is 4.09. The highest BCUT2D eigenvalue weighted by molar-refractivity contribution is 5.36. The molecule has 23 heavy (non-hydrogen) atoms. The quantitative estimate of drug-likeness (QED) is 0.769. The van der Waals surface area contributed by atoms with Crippen LogP contribution in [0.3, 0.4) is 0 Å². The van der Waals surface area contributed by atoms with E-state index in [9.17, 15) is 0 Å². The molecule has 0 saturated heterocycles. The number of aryl methyl sites for hydroxylation is 2. The molecule has 0 bridgehead atoms. The third-order valence-electron chi connectivity index (χ3n) is 4.16. The van der Waals surface area contributed by atoms with Gasteiger partial charge in [0.25, 0.3) is 0 Å². The minimum Gasteiger partial charge on any atom is -0.308 e. The van der Waals surface area contributed by atoms with Gasteiger partial charge in [-0.15, -0.1) is 0 Å². The zero-order chi connectivity index (χ0) is 16.2. The van der Waals surface area contributed by atoms with E-state index in [2.05, 4.69) is 62.5 Å². The Kier molecular flexibility index (Phi) is 4.58. The first kappa shape index (κ1) is 15.5. The third kappa shape index (κ3) is 3.51. The average Bonchev–Trinajstić information content (AvgIpc) is 2.84. The summed E-state index contributed by atoms with van der Waals surface area (Å²) in [7, 11) is 0. The summed E-state index contributed by atoms with van der Waals surface area (Å²) < 4.78 is 2.03. The fraction of sp³-hybridized carbons (Fsp3) is 0.250. The molecule has 0 radical (unpaired) electrons. The van der Waals surface area contributed by atoms with Crippen molar-refractivity contribution in [1.29, 1.82) is 0 Å². The number of aromatic nitrogens is 2. The molecule has 3 rings (SSSR count). The van der Waals surface area contributed by atoms with Crippen LogP contribution in [0.25, 0.3) is 5.69 Å². The van der Waals surface area contributed by atoms with Crippen LogP contribution in [0, 0.1) is 20.8 Å². The van der Waals surface area contributed by atoms with Crippen molar-refractivity contribution in [2.75, 3.05) is 0 Å². The number of benzene rings is 2. The van der Waals surface area contributed by atoms with Crippen molar-refractivity contribution in [2.45, 2.75) is 33.9 Å². The van der Waals surface area contributed by atoms with Crippen molar-refractivity contribution in [1.82, 2.24) is 15.1 Å². The molecule has 3 heteroatoms. The van der Waals surface area contributed by atoms with Gasteiger partial charge in [-0.05, 0) is 38.5 Å². The van der Waals surface area contributed by atoms with Crippen molar-refractivity contribution in [3.63, 3.8) is 0 Å². The zero-order valence-corrected chi connectivity index (χ0v) is 14.0. The van der Waals surface area contributed by atoms with Gasteiger partial charge in [-0.3, -0.25) is 0 Å². The monoisotopic (exact) mass is 305 g/mol. The first-order valence-electron chi connectivity index (χ1n) is 8.02. The molecule has 0 aliphatic carbocycles. The van der Waals surface area contributed by atoms with Gasteiger partial charge in [-0.1, -0.05) is 48.0 Å². The molecule has 1 aromatic heterocycles. The van der Waals surface area contributed by atoms with E-state index in [1.807, 2.05) is 22.9 Å². The summed E-state index contributed by atoms with van der Waals surface area (Å²) in [6, 6.07) is 18.9. The van der Waals surface area contributed by atoms with E-state index in [-0.39, 0.29) is 0 Å². The van der Waals surface area contributed by atoms with Crippen molar-refractivity contribution in [3.8, 4) is 5.69 Å².